The number of sulfonamides is 1. The van der Waals surface area contributed by atoms with Gasteiger partial charge in [-0.3, -0.25) is 4.79 Å². The normalized spacial score (nSPS) is 30.2. The van der Waals surface area contributed by atoms with E-state index >= 15 is 0 Å². The third-order valence-corrected chi connectivity index (χ3v) is 6.59. The van der Waals surface area contributed by atoms with Gasteiger partial charge in [-0.05, 0) is 12.8 Å². The van der Waals surface area contributed by atoms with E-state index in [9.17, 15) is 18.3 Å². The first-order valence-electron chi connectivity index (χ1n) is 8.79. The minimum absolute atomic E-state index is 0.00247. The summed E-state index contributed by atoms with van der Waals surface area (Å²) in [6.45, 7) is 0.0290. The summed E-state index contributed by atoms with van der Waals surface area (Å²) in [4.78, 5) is 15.5. The van der Waals surface area contributed by atoms with Gasteiger partial charge >= 0.3 is 5.97 Å². The van der Waals surface area contributed by atoms with Crippen molar-refractivity contribution in [2.75, 3.05) is 26.9 Å². The van der Waals surface area contributed by atoms with E-state index in [0.717, 1.165) is 0 Å². The maximum absolute atomic E-state index is 13.1. The van der Waals surface area contributed by atoms with Crippen molar-refractivity contribution in [2.45, 2.75) is 48.6 Å². The molecule has 152 valence electrons. The number of rotatable bonds is 4. The SMILES string of the molecule is COC(=O)C[C@@H]1CC[C@H]2[C@@H](COC[C@@H](O)CN2S(=O)(=O)c2cn(C)cn2)O1. The van der Waals surface area contributed by atoms with E-state index in [-0.39, 0.29) is 43.3 Å². The van der Waals surface area contributed by atoms with Crippen LogP contribution in [0.2, 0.25) is 0 Å². The first-order chi connectivity index (χ1) is 12.8. The van der Waals surface area contributed by atoms with Crippen LogP contribution in [0.4, 0.5) is 0 Å². The molecule has 0 aromatic carbocycles. The number of aryl methyl sites for hydroxylation is 1. The van der Waals surface area contributed by atoms with Crippen LogP contribution in [-0.2, 0) is 36.1 Å². The summed E-state index contributed by atoms with van der Waals surface area (Å²) in [6, 6.07) is -0.513. The lowest BCUT2D eigenvalue weighted by Crippen LogP contribution is -2.57. The Kier molecular flexibility index (Phi) is 6.16. The second kappa shape index (κ2) is 8.23. The van der Waals surface area contributed by atoms with E-state index in [1.165, 1.54) is 23.9 Å². The summed E-state index contributed by atoms with van der Waals surface area (Å²) in [5.41, 5.74) is 0. The molecule has 0 bridgehead atoms. The third-order valence-electron chi connectivity index (χ3n) is 4.81. The Hall–Kier alpha value is -1.53. The molecule has 1 N–H and O–H groups in total. The number of imidazole rings is 1. The fourth-order valence-corrected chi connectivity index (χ4v) is 5.17. The molecule has 1 aromatic heterocycles. The molecular formula is C16H25N3O7S. The molecule has 0 spiro atoms. The highest BCUT2D eigenvalue weighted by atomic mass is 32.2. The molecule has 2 aliphatic rings. The summed E-state index contributed by atoms with van der Waals surface area (Å²) >= 11 is 0. The van der Waals surface area contributed by atoms with Gasteiger partial charge in [0.25, 0.3) is 10.0 Å². The predicted molar refractivity (Wildman–Crippen MR) is 92.2 cm³/mol. The van der Waals surface area contributed by atoms with Gasteiger partial charge in [0, 0.05) is 19.8 Å². The Labute approximate surface area is 158 Å². The molecule has 0 amide bonds. The van der Waals surface area contributed by atoms with Gasteiger partial charge in [-0.2, -0.15) is 4.31 Å². The molecule has 2 aliphatic heterocycles. The van der Waals surface area contributed by atoms with Gasteiger partial charge in [-0.15, -0.1) is 0 Å². The zero-order valence-corrected chi connectivity index (χ0v) is 16.2. The summed E-state index contributed by atoms with van der Waals surface area (Å²) in [6.07, 6.45) is 2.08. The number of carbonyl (C=O) groups excluding carboxylic acids is 1. The highest BCUT2D eigenvalue weighted by molar-refractivity contribution is 7.89. The van der Waals surface area contributed by atoms with Crippen molar-refractivity contribution < 1.29 is 32.5 Å². The Bertz CT molecular complexity index is 766. The molecule has 0 unspecified atom stereocenters. The highest BCUT2D eigenvalue weighted by Crippen LogP contribution is 2.31. The van der Waals surface area contributed by atoms with Gasteiger partial charge < -0.3 is 23.9 Å². The van der Waals surface area contributed by atoms with Crippen LogP contribution in [0.15, 0.2) is 17.6 Å². The van der Waals surface area contributed by atoms with E-state index < -0.39 is 28.3 Å². The van der Waals surface area contributed by atoms with Gasteiger partial charge in [0.2, 0.25) is 0 Å². The van der Waals surface area contributed by atoms with Crippen molar-refractivity contribution in [2.24, 2.45) is 7.05 Å². The lowest BCUT2D eigenvalue weighted by atomic mass is 9.96. The first-order valence-corrected chi connectivity index (χ1v) is 10.2. The number of hydrogen-bond donors (Lipinski definition) is 1. The molecule has 2 saturated heterocycles. The number of esters is 1. The summed E-state index contributed by atoms with van der Waals surface area (Å²) in [7, 11) is -0.913. The van der Waals surface area contributed by atoms with E-state index in [1.54, 1.807) is 11.6 Å². The molecule has 2 fully saturated rings. The summed E-state index contributed by atoms with van der Waals surface area (Å²) in [5.74, 6) is -0.376. The molecular weight excluding hydrogens is 378 g/mol. The molecule has 1 aromatic rings. The molecule has 3 rings (SSSR count). The molecule has 0 aliphatic carbocycles. The molecule has 10 nitrogen and oxygen atoms in total. The zero-order valence-electron chi connectivity index (χ0n) is 15.4. The number of aliphatic hydroxyl groups excluding tert-OH is 1. The van der Waals surface area contributed by atoms with Crippen LogP contribution in [0.1, 0.15) is 19.3 Å². The number of β-amino-alcohol motifs (C(OH)–C–C–N with tert-alkyl or cyclic N) is 1. The number of fused-ring (bicyclic) bond motifs is 1. The topological polar surface area (TPSA) is 120 Å². The number of methoxy groups -OCH3 is 1. The number of carbonyl (C=O) groups is 1. The van der Waals surface area contributed by atoms with Gasteiger partial charge in [-0.1, -0.05) is 0 Å². The predicted octanol–water partition coefficient (Wildman–Crippen LogP) is -0.719. The van der Waals surface area contributed by atoms with Gasteiger partial charge in [0.1, 0.15) is 0 Å². The minimum Gasteiger partial charge on any atom is -0.469 e. The molecule has 27 heavy (non-hydrogen) atoms. The molecule has 0 radical (unpaired) electrons. The molecule has 0 saturated carbocycles. The van der Waals surface area contributed by atoms with Gasteiger partial charge in [0.15, 0.2) is 5.03 Å². The number of aliphatic hydroxyl groups is 1. The number of aromatic nitrogens is 2. The quantitative estimate of drug-likeness (QED) is 0.654. The van der Waals surface area contributed by atoms with Crippen LogP contribution in [0.5, 0.6) is 0 Å². The van der Waals surface area contributed by atoms with E-state index in [4.69, 9.17) is 9.47 Å². The standard InChI is InChI=1S/C16H25N3O7S/c1-18-7-15(17-10-18)27(22,23)19-6-11(20)8-25-9-14-13(19)4-3-12(26-14)5-16(21)24-2/h7,10-14,20H,3-6,8-9H2,1-2H3/t11-,12-,13-,14+/m0/s1. The van der Waals surface area contributed by atoms with Crippen molar-refractivity contribution >= 4 is 16.0 Å². The Morgan fingerprint density at radius 2 is 2.19 bits per heavy atom. The third kappa shape index (κ3) is 4.49. The van der Waals surface area contributed by atoms with E-state index in [2.05, 4.69) is 9.72 Å². The monoisotopic (exact) mass is 403 g/mol. The van der Waals surface area contributed by atoms with Crippen LogP contribution in [-0.4, -0.2) is 84.6 Å². The van der Waals surface area contributed by atoms with Crippen LogP contribution >= 0.6 is 0 Å². The Balaban J connectivity index is 1.84. The second-order valence-corrected chi connectivity index (χ2v) is 8.70. The minimum atomic E-state index is -3.92. The first kappa shape index (κ1) is 20.2. The Morgan fingerprint density at radius 1 is 1.41 bits per heavy atom. The maximum Gasteiger partial charge on any atom is 0.308 e. The van der Waals surface area contributed by atoms with Gasteiger partial charge in [-0.25, -0.2) is 13.4 Å². The fraction of sp³-hybridized carbons (Fsp3) is 0.750. The lowest BCUT2D eigenvalue weighted by Gasteiger charge is -2.43. The molecule has 11 heteroatoms. The average molecular weight is 403 g/mol. The summed E-state index contributed by atoms with van der Waals surface area (Å²) in [5, 5.41) is 10.1. The molecule has 4 atom stereocenters. The second-order valence-electron chi connectivity index (χ2n) is 6.86. The van der Waals surface area contributed by atoms with Crippen LogP contribution in [0, 0.1) is 0 Å². The van der Waals surface area contributed by atoms with Crippen molar-refractivity contribution in [1.29, 1.82) is 0 Å². The van der Waals surface area contributed by atoms with Crippen LogP contribution in [0.25, 0.3) is 0 Å². The van der Waals surface area contributed by atoms with E-state index in [0.29, 0.717) is 12.8 Å². The average Bonchev–Trinajstić information content (AvgIpc) is 3.06. The van der Waals surface area contributed by atoms with Crippen molar-refractivity contribution in [1.82, 2.24) is 13.9 Å². The van der Waals surface area contributed by atoms with Crippen molar-refractivity contribution in [3.63, 3.8) is 0 Å². The highest BCUT2D eigenvalue weighted by Gasteiger charge is 2.43. The number of nitrogens with zero attached hydrogens (tertiary/aromatic N) is 3. The lowest BCUT2D eigenvalue weighted by molar-refractivity contribution is -0.157. The van der Waals surface area contributed by atoms with E-state index in [1.807, 2.05) is 0 Å². The number of ether oxygens (including phenoxy) is 3. The van der Waals surface area contributed by atoms with Gasteiger partial charge in [0.05, 0.1) is 57.4 Å². The van der Waals surface area contributed by atoms with Crippen molar-refractivity contribution in [3.8, 4) is 0 Å². The largest absolute Gasteiger partial charge is 0.469 e. The number of hydrogen-bond acceptors (Lipinski definition) is 8. The maximum atomic E-state index is 13.1. The fourth-order valence-electron chi connectivity index (χ4n) is 3.48. The molecule has 3 heterocycles. The zero-order chi connectivity index (χ0) is 19.6. The van der Waals surface area contributed by atoms with Crippen molar-refractivity contribution in [3.05, 3.63) is 12.5 Å². The van der Waals surface area contributed by atoms with Crippen LogP contribution < -0.4 is 0 Å². The van der Waals surface area contributed by atoms with Crippen LogP contribution in [0.3, 0.4) is 0 Å². The smallest absolute Gasteiger partial charge is 0.308 e. The Morgan fingerprint density at radius 3 is 2.85 bits per heavy atom. The summed E-state index contributed by atoms with van der Waals surface area (Å²) < 4.78 is 45.2.